The van der Waals surface area contributed by atoms with Crippen LogP contribution >= 0.6 is 0 Å². The maximum atomic E-state index is 5.30. The van der Waals surface area contributed by atoms with E-state index in [0.717, 1.165) is 31.1 Å². The quantitative estimate of drug-likeness (QED) is 0.817. The van der Waals surface area contributed by atoms with Crippen LogP contribution < -0.4 is 10.1 Å². The minimum atomic E-state index is 0.560. The second-order valence-corrected chi connectivity index (χ2v) is 3.95. The maximum Gasteiger partial charge on any atom is 0.216 e. The number of hydrogen-bond acceptors (Lipinski definition) is 3. The number of aromatic nitrogens is 1. The average molecular weight is 206 g/mol. The smallest absolute Gasteiger partial charge is 0.216 e. The Morgan fingerprint density at radius 2 is 2.40 bits per heavy atom. The number of nitrogens with one attached hydrogen (secondary N) is 1. The number of methoxy groups -OCH3 is 1. The van der Waals surface area contributed by atoms with Gasteiger partial charge in [-0.1, -0.05) is 13.0 Å². The van der Waals surface area contributed by atoms with Crippen molar-refractivity contribution in [2.75, 3.05) is 20.2 Å². The van der Waals surface area contributed by atoms with E-state index in [1.165, 1.54) is 12.0 Å². The topological polar surface area (TPSA) is 34.2 Å². The first kappa shape index (κ1) is 10.4. The first-order chi connectivity index (χ1) is 7.35. The highest BCUT2D eigenvalue weighted by atomic mass is 16.5. The van der Waals surface area contributed by atoms with Gasteiger partial charge in [0.25, 0.3) is 0 Å². The van der Waals surface area contributed by atoms with Crippen LogP contribution in [0.1, 0.15) is 30.5 Å². The molecule has 1 aliphatic heterocycles. The predicted octanol–water partition coefficient (Wildman–Crippen LogP) is 1.73. The summed E-state index contributed by atoms with van der Waals surface area (Å²) in [7, 11) is 1.69. The van der Waals surface area contributed by atoms with Crippen LogP contribution in [0.3, 0.4) is 0 Å². The Morgan fingerprint density at radius 1 is 1.53 bits per heavy atom. The molecule has 1 atom stereocenters. The SMILES string of the molecule is CCc1ccc(C2CCNC2)nc1OC. The molecule has 2 heterocycles. The van der Waals surface area contributed by atoms with Crippen LogP contribution in [0.15, 0.2) is 12.1 Å². The molecule has 0 radical (unpaired) electrons. The fourth-order valence-electron chi connectivity index (χ4n) is 2.06. The van der Waals surface area contributed by atoms with Gasteiger partial charge in [0, 0.05) is 23.7 Å². The lowest BCUT2D eigenvalue weighted by atomic mass is 10.0. The van der Waals surface area contributed by atoms with Crippen molar-refractivity contribution in [3.63, 3.8) is 0 Å². The Bertz CT molecular complexity index is 332. The van der Waals surface area contributed by atoms with Gasteiger partial charge < -0.3 is 10.1 Å². The highest BCUT2D eigenvalue weighted by Gasteiger charge is 2.18. The first-order valence-corrected chi connectivity index (χ1v) is 5.59. The van der Waals surface area contributed by atoms with Gasteiger partial charge in [0.05, 0.1) is 7.11 Å². The zero-order chi connectivity index (χ0) is 10.7. The minimum absolute atomic E-state index is 0.560. The van der Waals surface area contributed by atoms with Crippen LogP contribution in [-0.4, -0.2) is 25.2 Å². The fraction of sp³-hybridized carbons (Fsp3) is 0.583. The van der Waals surface area contributed by atoms with Crippen molar-refractivity contribution in [3.8, 4) is 5.88 Å². The van der Waals surface area contributed by atoms with E-state index in [-0.39, 0.29) is 0 Å². The third-order valence-electron chi connectivity index (χ3n) is 3.01. The van der Waals surface area contributed by atoms with Gasteiger partial charge >= 0.3 is 0 Å². The molecule has 1 aromatic rings. The molecule has 82 valence electrons. The maximum absolute atomic E-state index is 5.30. The standard InChI is InChI=1S/C12H18N2O/c1-3-9-4-5-11(14-12(9)15-2)10-6-7-13-8-10/h4-5,10,13H,3,6-8H2,1-2H3. The molecule has 1 saturated heterocycles. The molecule has 1 aromatic heterocycles. The van der Waals surface area contributed by atoms with Gasteiger partial charge in [-0.05, 0) is 25.5 Å². The molecule has 1 N–H and O–H groups in total. The number of nitrogens with zero attached hydrogens (tertiary/aromatic N) is 1. The third kappa shape index (κ3) is 2.12. The van der Waals surface area contributed by atoms with Crippen molar-refractivity contribution in [1.29, 1.82) is 0 Å². The minimum Gasteiger partial charge on any atom is -0.481 e. The normalized spacial score (nSPS) is 20.5. The summed E-state index contributed by atoms with van der Waals surface area (Å²) < 4.78 is 5.30. The van der Waals surface area contributed by atoms with Crippen molar-refractivity contribution in [2.45, 2.75) is 25.7 Å². The lowest BCUT2D eigenvalue weighted by Gasteiger charge is -2.11. The Labute approximate surface area is 90.9 Å². The zero-order valence-corrected chi connectivity index (χ0v) is 9.42. The van der Waals surface area contributed by atoms with Crippen molar-refractivity contribution < 1.29 is 4.74 Å². The molecule has 1 unspecified atom stereocenters. The summed E-state index contributed by atoms with van der Waals surface area (Å²) in [5.74, 6) is 1.35. The van der Waals surface area contributed by atoms with E-state index >= 15 is 0 Å². The van der Waals surface area contributed by atoms with E-state index in [1.54, 1.807) is 7.11 Å². The number of pyridine rings is 1. The van der Waals surface area contributed by atoms with Crippen LogP contribution in [0.25, 0.3) is 0 Å². The summed E-state index contributed by atoms with van der Waals surface area (Å²) in [4.78, 5) is 4.58. The molecule has 0 saturated carbocycles. The second-order valence-electron chi connectivity index (χ2n) is 3.95. The van der Waals surface area contributed by atoms with Crippen molar-refractivity contribution in [2.24, 2.45) is 0 Å². The lowest BCUT2D eigenvalue weighted by molar-refractivity contribution is 0.390. The molecule has 0 amide bonds. The van der Waals surface area contributed by atoms with Gasteiger partial charge in [0.1, 0.15) is 0 Å². The molecule has 0 spiro atoms. The number of aryl methyl sites for hydroxylation is 1. The Balaban J connectivity index is 2.25. The summed E-state index contributed by atoms with van der Waals surface area (Å²) in [6.45, 7) is 4.27. The van der Waals surface area contributed by atoms with Gasteiger partial charge in [-0.15, -0.1) is 0 Å². The molecule has 1 fully saturated rings. The Kier molecular flexibility index (Phi) is 3.21. The van der Waals surface area contributed by atoms with Gasteiger partial charge in [-0.2, -0.15) is 0 Å². The van der Waals surface area contributed by atoms with Gasteiger partial charge in [0.2, 0.25) is 5.88 Å². The van der Waals surface area contributed by atoms with Crippen LogP contribution in [-0.2, 0) is 6.42 Å². The molecular weight excluding hydrogens is 188 g/mol. The van der Waals surface area contributed by atoms with Gasteiger partial charge in [-0.3, -0.25) is 0 Å². The number of hydrogen-bond donors (Lipinski definition) is 1. The Morgan fingerprint density at radius 3 is 3.00 bits per heavy atom. The van der Waals surface area contributed by atoms with Gasteiger partial charge in [0.15, 0.2) is 0 Å². The van der Waals surface area contributed by atoms with E-state index in [4.69, 9.17) is 4.74 Å². The predicted molar refractivity (Wildman–Crippen MR) is 60.4 cm³/mol. The molecule has 0 aliphatic carbocycles. The summed E-state index contributed by atoms with van der Waals surface area (Å²) in [6, 6.07) is 4.28. The molecule has 3 nitrogen and oxygen atoms in total. The summed E-state index contributed by atoms with van der Waals surface area (Å²) >= 11 is 0. The fourth-order valence-corrected chi connectivity index (χ4v) is 2.06. The van der Waals surface area contributed by atoms with E-state index in [2.05, 4.69) is 29.4 Å². The Hall–Kier alpha value is -1.09. The lowest BCUT2D eigenvalue weighted by Crippen LogP contribution is -2.09. The number of rotatable bonds is 3. The second kappa shape index (κ2) is 4.62. The molecule has 3 heteroatoms. The summed E-state index contributed by atoms with van der Waals surface area (Å²) in [5, 5.41) is 3.36. The van der Waals surface area contributed by atoms with Gasteiger partial charge in [-0.25, -0.2) is 4.98 Å². The molecule has 2 rings (SSSR count). The van der Waals surface area contributed by atoms with Crippen LogP contribution in [0.2, 0.25) is 0 Å². The van der Waals surface area contributed by atoms with Crippen LogP contribution in [0.4, 0.5) is 0 Å². The number of ether oxygens (including phenoxy) is 1. The zero-order valence-electron chi connectivity index (χ0n) is 9.42. The van der Waals surface area contributed by atoms with E-state index in [0.29, 0.717) is 5.92 Å². The third-order valence-corrected chi connectivity index (χ3v) is 3.01. The van der Waals surface area contributed by atoms with Crippen LogP contribution in [0, 0.1) is 0 Å². The highest BCUT2D eigenvalue weighted by Crippen LogP contribution is 2.24. The van der Waals surface area contributed by atoms with Crippen LogP contribution in [0.5, 0.6) is 5.88 Å². The molecule has 0 aromatic carbocycles. The summed E-state index contributed by atoms with van der Waals surface area (Å²) in [6.07, 6.45) is 2.15. The largest absolute Gasteiger partial charge is 0.481 e. The summed E-state index contributed by atoms with van der Waals surface area (Å²) in [5.41, 5.74) is 2.35. The highest BCUT2D eigenvalue weighted by molar-refractivity contribution is 5.29. The van der Waals surface area contributed by atoms with E-state index in [9.17, 15) is 0 Å². The van der Waals surface area contributed by atoms with Crippen molar-refractivity contribution in [3.05, 3.63) is 23.4 Å². The van der Waals surface area contributed by atoms with Crippen molar-refractivity contribution >= 4 is 0 Å². The monoisotopic (exact) mass is 206 g/mol. The molecule has 15 heavy (non-hydrogen) atoms. The average Bonchev–Trinajstić information content (AvgIpc) is 2.81. The van der Waals surface area contributed by atoms with E-state index in [1.807, 2.05) is 0 Å². The molecule has 0 bridgehead atoms. The first-order valence-electron chi connectivity index (χ1n) is 5.59. The molecule has 1 aliphatic rings. The van der Waals surface area contributed by atoms with E-state index < -0.39 is 0 Å². The molecular formula is C12H18N2O. The van der Waals surface area contributed by atoms with Crippen molar-refractivity contribution in [1.82, 2.24) is 10.3 Å².